The highest BCUT2D eigenvalue weighted by atomic mass is 16.7. The molecule has 0 saturated carbocycles. The Bertz CT molecular complexity index is 964. The molecule has 5 heteroatoms. The third-order valence-corrected chi connectivity index (χ3v) is 4.68. The van der Waals surface area contributed by atoms with Crippen molar-refractivity contribution in [2.24, 2.45) is 0 Å². The minimum absolute atomic E-state index is 0.0125. The Labute approximate surface area is 158 Å². The minimum atomic E-state index is -0.0125. The maximum Gasteiger partial charge on any atom is 0.254 e. The van der Waals surface area contributed by atoms with E-state index in [0.29, 0.717) is 25.3 Å². The quantitative estimate of drug-likeness (QED) is 0.667. The summed E-state index contributed by atoms with van der Waals surface area (Å²) in [5.41, 5.74) is 1.69. The SMILES string of the molecule is COCCN(Cc1ccc2c(c1)OCO2)C(=O)c1cccc2ccccc12. The fraction of sp³-hybridized carbons (Fsp3) is 0.227. The highest BCUT2D eigenvalue weighted by Gasteiger charge is 2.20. The normalized spacial score (nSPS) is 12.3. The monoisotopic (exact) mass is 363 g/mol. The number of nitrogens with zero attached hydrogens (tertiary/aromatic N) is 1. The Morgan fingerprint density at radius 1 is 1.04 bits per heavy atom. The maximum absolute atomic E-state index is 13.3. The highest BCUT2D eigenvalue weighted by Crippen LogP contribution is 2.33. The van der Waals surface area contributed by atoms with Gasteiger partial charge in [0.15, 0.2) is 11.5 Å². The van der Waals surface area contributed by atoms with E-state index in [1.165, 1.54) is 0 Å². The molecule has 0 spiro atoms. The van der Waals surface area contributed by atoms with E-state index < -0.39 is 0 Å². The van der Waals surface area contributed by atoms with Gasteiger partial charge in [0.05, 0.1) is 6.61 Å². The van der Waals surface area contributed by atoms with Crippen LogP contribution in [0.1, 0.15) is 15.9 Å². The van der Waals surface area contributed by atoms with Gasteiger partial charge in [0.1, 0.15) is 0 Å². The van der Waals surface area contributed by atoms with E-state index in [1.54, 1.807) is 7.11 Å². The lowest BCUT2D eigenvalue weighted by Crippen LogP contribution is -2.33. The van der Waals surface area contributed by atoms with Crippen molar-refractivity contribution in [3.8, 4) is 11.5 Å². The van der Waals surface area contributed by atoms with E-state index in [0.717, 1.165) is 27.8 Å². The second-order valence-corrected chi connectivity index (χ2v) is 6.43. The van der Waals surface area contributed by atoms with Crippen LogP contribution in [0, 0.1) is 0 Å². The van der Waals surface area contributed by atoms with Gasteiger partial charge in [-0.05, 0) is 34.5 Å². The lowest BCUT2D eigenvalue weighted by molar-refractivity contribution is 0.0682. The first-order valence-corrected chi connectivity index (χ1v) is 8.91. The molecule has 0 saturated heterocycles. The zero-order valence-electron chi connectivity index (χ0n) is 15.2. The Balaban J connectivity index is 1.64. The lowest BCUT2D eigenvalue weighted by atomic mass is 10.0. The largest absolute Gasteiger partial charge is 0.454 e. The van der Waals surface area contributed by atoms with Crippen LogP contribution in [-0.4, -0.2) is 37.9 Å². The van der Waals surface area contributed by atoms with Crippen LogP contribution >= 0.6 is 0 Å². The summed E-state index contributed by atoms with van der Waals surface area (Å²) in [5, 5.41) is 2.01. The number of rotatable bonds is 6. The fourth-order valence-corrected chi connectivity index (χ4v) is 3.30. The molecule has 1 aliphatic heterocycles. The molecule has 5 nitrogen and oxygen atoms in total. The van der Waals surface area contributed by atoms with Crippen LogP contribution in [0.5, 0.6) is 11.5 Å². The first-order valence-electron chi connectivity index (χ1n) is 8.91. The number of fused-ring (bicyclic) bond motifs is 2. The van der Waals surface area contributed by atoms with Gasteiger partial charge in [-0.1, -0.05) is 42.5 Å². The molecule has 0 radical (unpaired) electrons. The number of carbonyl (C=O) groups is 1. The molecule has 138 valence electrons. The number of carbonyl (C=O) groups excluding carboxylic acids is 1. The van der Waals surface area contributed by atoms with Crippen LogP contribution in [0.25, 0.3) is 10.8 Å². The van der Waals surface area contributed by atoms with Crippen molar-refractivity contribution < 1.29 is 19.0 Å². The van der Waals surface area contributed by atoms with Crippen molar-refractivity contribution in [1.82, 2.24) is 4.90 Å². The predicted octanol–water partition coefficient (Wildman–Crippen LogP) is 3.86. The van der Waals surface area contributed by atoms with E-state index >= 15 is 0 Å². The summed E-state index contributed by atoms with van der Waals surface area (Å²) in [7, 11) is 1.64. The molecule has 0 unspecified atom stereocenters. The average molecular weight is 363 g/mol. The lowest BCUT2D eigenvalue weighted by Gasteiger charge is -2.23. The van der Waals surface area contributed by atoms with Gasteiger partial charge in [-0.2, -0.15) is 0 Å². The first kappa shape index (κ1) is 17.4. The molecule has 1 amide bonds. The van der Waals surface area contributed by atoms with E-state index in [9.17, 15) is 4.79 Å². The number of hydrogen-bond acceptors (Lipinski definition) is 4. The minimum Gasteiger partial charge on any atom is -0.454 e. The van der Waals surface area contributed by atoms with Crippen LogP contribution in [0.2, 0.25) is 0 Å². The summed E-state index contributed by atoms with van der Waals surface area (Å²) in [5.74, 6) is 1.45. The molecule has 3 aromatic carbocycles. The number of hydrogen-bond donors (Lipinski definition) is 0. The highest BCUT2D eigenvalue weighted by molar-refractivity contribution is 6.07. The number of benzene rings is 3. The standard InChI is InChI=1S/C22H21NO4/c1-25-12-11-23(14-16-9-10-20-21(13-16)27-15-26-20)22(24)19-8-4-6-17-5-2-3-7-18(17)19/h2-10,13H,11-12,14-15H2,1H3. The van der Waals surface area contributed by atoms with Crippen molar-refractivity contribution in [2.75, 3.05) is 27.1 Å². The second kappa shape index (κ2) is 7.68. The number of methoxy groups -OCH3 is 1. The van der Waals surface area contributed by atoms with E-state index in [4.69, 9.17) is 14.2 Å². The van der Waals surface area contributed by atoms with Gasteiger partial charge < -0.3 is 19.1 Å². The van der Waals surface area contributed by atoms with Crippen molar-refractivity contribution in [3.05, 3.63) is 71.8 Å². The number of ether oxygens (including phenoxy) is 3. The zero-order chi connectivity index (χ0) is 18.6. The molecule has 0 atom stereocenters. The predicted molar refractivity (Wildman–Crippen MR) is 103 cm³/mol. The summed E-state index contributed by atoms with van der Waals surface area (Å²) in [6, 6.07) is 19.5. The van der Waals surface area contributed by atoms with Crippen LogP contribution in [0.3, 0.4) is 0 Å². The summed E-state index contributed by atoms with van der Waals surface area (Å²) < 4.78 is 16.0. The molecule has 0 aliphatic carbocycles. The van der Waals surface area contributed by atoms with E-state index in [-0.39, 0.29) is 12.7 Å². The van der Waals surface area contributed by atoms with Crippen molar-refractivity contribution >= 4 is 16.7 Å². The summed E-state index contributed by atoms with van der Waals surface area (Å²) in [6.07, 6.45) is 0. The third-order valence-electron chi connectivity index (χ3n) is 4.68. The molecule has 3 aromatic rings. The average Bonchev–Trinajstić information content (AvgIpc) is 3.18. The molecule has 0 N–H and O–H groups in total. The smallest absolute Gasteiger partial charge is 0.254 e. The van der Waals surface area contributed by atoms with Crippen LogP contribution in [-0.2, 0) is 11.3 Å². The third kappa shape index (κ3) is 3.59. The molecular weight excluding hydrogens is 342 g/mol. The van der Waals surface area contributed by atoms with Gasteiger partial charge in [-0.25, -0.2) is 0 Å². The van der Waals surface area contributed by atoms with E-state index in [1.807, 2.05) is 65.6 Å². The van der Waals surface area contributed by atoms with Gasteiger partial charge in [-0.3, -0.25) is 4.79 Å². The Kier molecular flexibility index (Phi) is 4.94. The van der Waals surface area contributed by atoms with E-state index in [2.05, 4.69) is 0 Å². The summed E-state index contributed by atoms with van der Waals surface area (Å²) in [6.45, 7) is 1.69. The van der Waals surface area contributed by atoms with Gasteiger partial charge >= 0.3 is 0 Å². The maximum atomic E-state index is 13.3. The molecule has 27 heavy (non-hydrogen) atoms. The second-order valence-electron chi connectivity index (χ2n) is 6.43. The van der Waals surface area contributed by atoms with Crippen LogP contribution in [0.4, 0.5) is 0 Å². The van der Waals surface area contributed by atoms with Gasteiger partial charge in [0.25, 0.3) is 5.91 Å². The van der Waals surface area contributed by atoms with Crippen molar-refractivity contribution in [2.45, 2.75) is 6.54 Å². The molecule has 0 bridgehead atoms. The fourth-order valence-electron chi connectivity index (χ4n) is 3.30. The molecule has 1 heterocycles. The molecule has 1 aliphatic rings. The topological polar surface area (TPSA) is 48.0 Å². The summed E-state index contributed by atoms with van der Waals surface area (Å²) in [4.78, 5) is 15.1. The molecular formula is C22H21NO4. The molecule has 0 fully saturated rings. The first-order chi connectivity index (χ1) is 13.3. The Morgan fingerprint density at radius 2 is 1.85 bits per heavy atom. The van der Waals surface area contributed by atoms with Crippen LogP contribution in [0.15, 0.2) is 60.7 Å². The summed E-state index contributed by atoms with van der Waals surface area (Å²) >= 11 is 0. The Hall–Kier alpha value is -3.05. The van der Waals surface area contributed by atoms with Crippen LogP contribution < -0.4 is 9.47 Å². The molecule has 4 rings (SSSR count). The van der Waals surface area contributed by atoms with Crippen molar-refractivity contribution in [3.63, 3.8) is 0 Å². The zero-order valence-corrected chi connectivity index (χ0v) is 15.2. The van der Waals surface area contributed by atoms with Gasteiger partial charge in [0, 0.05) is 25.8 Å². The Morgan fingerprint density at radius 3 is 2.74 bits per heavy atom. The molecule has 0 aromatic heterocycles. The van der Waals surface area contributed by atoms with Gasteiger partial charge in [-0.15, -0.1) is 0 Å². The van der Waals surface area contributed by atoms with Crippen molar-refractivity contribution in [1.29, 1.82) is 0 Å². The number of amides is 1. The van der Waals surface area contributed by atoms with Gasteiger partial charge in [0.2, 0.25) is 6.79 Å².